The quantitative estimate of drug-likeness (QED) is 0.851. The molecular formula is C19H18O3. The molecule has 2 aromatic rings. The molecule has 0 aliphatic heterocycles. The van der Waals surface area contributed by atoms with Crippen LogP contribution in [0.1, 0.15) is 33.0 Å². The van der Waals surface area contributed by atoms with E-state index in [1.807, 2.05) is 24.3 Å². The number of hydrogen-bond acceptors (Lipinski definition) is 3. The highest BCUT2D eigenvalue weighted by atomic mass is 16.5. The van der Waals surface area contributed by atoms with Crippen LogP contribution in [0.2, 0.25) is 0 Å². The first-order valence-corrected chi connectivity index (χ1v) is 7.59. The van der Waals surface area contributed by atoms with Gasteiger partial charge in [-0.1, -0.05) is 12.1 Å². The van der Waals surface area contributed by atoms with Gasteiger partial charge in [0.1, 0.15) is 11.5 Å². The molecule has 2 unspecified atom stereocenters. The zero-order valence-corrected chi connectivity index (χ0v) is 12.8. The van der Waals surface area contributed by atoms with E-state index in [4.69, 9.17) is 9.47 Å². The third kappa shape index (κ3) is 1.85. The topological polar surface area (TPSA) is 35.5 Å². The zero-order valence-electron chi connectivity index (χ0n) is 12.8. The fraction of sp³-hybridized carbons (Fsp3) is 0.316. The number of benzene rings is 2. The van der Waals surface area contributed by atoms with Gasteiger partial charge in [-0.2, -0.15) is 0 Å². The van der Waals surface area contributed by atoms with Crippen LogP contribution in [0.5, 0.6) is 11.5 Å². The van der Waals surface area contributed by atoms with Crippen LogP contribution in [0.4, 0.5) is 0 Å². The van der Waals surface area contributed by atoms with Crippen LogP contribution >= 0.6 is 0 Å². The largest absolute Gasteiger partial charge is 0.497 e. The fourth-order valence-electron chi connectivity index (χ4n) is 3.93. The van der Waals surface area contributed by atoms with Crippen LogP contribution in [0, 0.1) is 5.92 Å². The van der Waals surface area contributed by atoms with Crippen molar-refractivity contribution in [3.8, 4) is 11.5 Å². The molecule has 0 heterocycles. The Hall–Kier alpha value is -2.29. The van der Waals surface area contributed by atoms with E-state index in [1.54, 1.807) is 14.2 Å². The summed E-state index contributed by atoms with van der Waals surface area (Å²) in [5, 5.41) is 0. The van der Waals surface area contributed by atoms with Gasteiger partial charge in [0.2, 0.25) is 0 Å². The normalized spacial score (nSPS) is 21.8. The van der Waals surface area contributed by atoms with Crippen molar-refractivity contribution in [1.82, 2.24) is 0 Å². The van der Waals surface area contributed by atoms with Crippen molar-refractivity contribution in [2.45, 2.75) is 18.8 Å². The highest BCUT2D eigenvalue weighted by Crippen LogP contribution is 2.46. The molecule has 22 heavy (non-hydrogen) atoms. The third-order valence-corrected chi connectivity index (χ3v) is 4.99. The van der Waals surface area contributed by atoms with Gasteiger partial charge in [0.05, 0.1) is 20.1 Å². The van der Waals surface area contributed by atoms with E-state index < -0.39 is 0 Å². The van der Waals surface area contributed by atoms with Crippen molar-refractivity contribution in [3.63, 3.8) is 0 Å². The van der Waals surface area contributed by atoms with E-state index in [2.05, 4.69) is 12.1 Å². The number of carbonyl (C=O) groups excluding carboxylic acids is 1. The van der Waals surface area contributed by atoms with E-state index >= 15 is 0 Å². The Labute approximate surface area is 129 Å². The Balaban J connectivity index is 1.78. The standard InChI is InChI=1S/C19H18O3/c1-21-14-5-6-16-12(9-14)8-13-7-11-3-4-15(22-2)10-17(11)19(20)18(13)16/h3-6,9-10,13,18H,7-8H2,1-2H3. The average molecular weight is 294 g/mol. The van der Waals surface area contributed by atoms with Crippen molar-refractivity contribution in [2.75, 3.05) is 14.2 Å². The van der Waals surface area contributed by atoms with Gasteiger partial charge < -0.3 is 9.47 Å². The second-order valence-electron chi connectivity index (χ2n) is 6.10. The molecule has 0 radical (unpaired) electrons. The van der Waals surface area contributed by atoms with E-state index in [-0.39, 0.29) is 11.7 Å². The molecule has 0 bridgehead atoms. The van der Waals surface area contributed by atoms with E-state index in [1.165, 1.54) is 11.1 Å². The lowest BCUT2D eigenvalue weighted by Crippen LogP contribution is -2.27. The number of carbonyl (C=O) groups is 1. The summed E-state index contributed by atoms with van der Waals surface area (Å²) in [5.41, 5.74) is 4.39. The molecule has 0 saturated carbocycles. The Morgan fingerprint density at radius 3 is 2.36 bits per heavy atom. The molecule has 112 valence electrons. The first-order chi connectivity index (χ1) is 10.7. The Morgan fingerprint density at radius 1 is 0.909 bits per heavy atom. The number of ether oxygens (including phenoxy) is 2. The molecule has 2 aliphatic carbocycles. The van der Waals surface area contributed by atoms with Crippen LogP contribution in [0.3, 0.4) is 0 Å². The van der Waals surface area contributed by atoms with Gasteiger partial charge in [0.15, 0.2) is 5.78 Å². The molecule has 0 aromatic heterocycles. The minimum Gasteiger partial charge on any atom is -0.497 e. The van der Waals surface area contributed by atoms with Crippen LogP contribution in [0.25, 0.3) is 0 Å². The minimum absolute atomic E-state index is 0.0134. The van der Waals surface area contributed by atoms with Crippen LogP contribution in [0.15, 0.2) is 36.4 Å². The van der Waals surface area contributed by atoms with Gasteiger partial charge in [-0.3, -0.25) is 4.79 Å². The lowest BCUT2D eigenvalue weighted by Gasteiger charge is -2.27. The summed E-state index contributed by atoms with van der Waals surface area (Å²) in [6, 6.07) is 11.9. The summed E-state index contributed by atoms with van der Waals surface area (Å²) in [5.74, 6) is 2.20. The molecule has 0 amide bonds. The van der Waals surface area contributed by atoms with Crippen molar-refractivity contribution < 1.29 is 14.3 Å². The maximum Gasteiger partial charge on any atom is 0.171 e. The number of methoxy groups -OCH3 is 2. The Bertz CT molecular complexity index is 763. The van der Waals surface area contributed by atoms with Crippen LogP contribution in [-0.4, -0.2) is 20.0 Å². The van der Waals surface area contributed by atoms with Gasteiger partial charge in [0, 0.05) is 5.56 Å². The molecule has 0 spiro atoms. The highest BCUT2D eigenvalue weighted by Gasteiger charge is 2.42. The predicted octanol–water partition coefficient (Wildman–Crippen LogP) is 3.40. The average Bonchev–Trinajstić information content (AvgIpc) is 2.92. The molecule has 0 fully saturated rings. The van der Waals surface area contributed by atoms with Crippen molar-refractivity contribution in [3.05, 3.63) is 58.7 Å². The molecule has 2 aliphatic rings. The maximum absolute atomic E-state index is 13.0. The lowest BCUT2D eigenvalue weighted by atomic mass is 9.75. The predicted molar refractivity (Wildman–Crippen MR) is 84.0 cm³/mol. The summed E-state index contributed by atoms with van der Waals surface area (Å²) in [6.07, 6.45) is 1.90. The van der Waals surface area contributed by atoms with Gasteiger partial charge in [-0.05, 0) is 59.7 Å². The van der Waals surface area contributed by atoms with E-state index in [0.717, 1.165) is 35.5 Å². The van der Waals surface area contributed by atoms with Crippen molar-refractivity contribution >= 4 is 5.78 Å². The van der Waals surface area contributed by atoms with Crippen molar-refractivity contribution in [2.24, 2.45) is 5.92 Å². The van der Waals surface area contributed by atoms with Crippen molar-refractivity contribution in [1.29, 1.82) is 0 Å². The molecule has 0 saturated heterocycles. The molecule has 0 N–H and O–H groups in total. The monoisotopic (exact) mass is 294 g/mol. The smallest absolute Gasteiger partial charge is 0.171 e. The number of rotatable bonds is 2. The second kappa shape index (κ2) is 4.87. The number of hydrogen-bond donors (Lipinski definition) is 0. The highest BCUT2D eigenvalue weighted by molar-refractivity contribution is 6.04. The van der Waals surface area contributed by atoms with Crippen LogP contribution in [-0.2, 0) is 12.8 Å². The Morgan fingerprint density at radius 2 is 1.59 bits per heavy atom. The summed E-state index contributed by atoms with van der Waals surface area (Å²) < 4.78 is 10.6. The lowest BCUT2D eigenvalue weighted by molar-refractivity contribution is 0.0922. The van der Waals surface area contributed by atoms with Crippen LogP contribution < -0.4 is 9.47 Å². The summed E-state index contributed by atoms with van der Waals surface area (Å²) >= 11 is 0. The summed E-state index contributed by atoms with van der Waals surface area (Å²) in [6.45, 7) is 0. The summed E-state index contributed by atoms with van der Waals surface area (Å²) in [4.78, 5) is 13.0. The SMILES string of the molecule is COc1ccc2c(c1)CC1Cc3ccc(OC)cc3C(=O)C21. The summed E-state index contributed by atoms with van der Waals surface area (Å²) in [7, 11) is 3.31. The molecular weight excluding hydrogens is 276 g/mol. The molecule has 3 heteroatoms. The zero-order chi connectivity index (χ0) is 15.3. The number of fused-ring (bicyclic) bond motifs is 4. The molecule has 3 nitrogen and oxygen atoms in total. The van der Waals surface area contributed by atoms with E-state index in [9.17, 15) is 4.79 Å². The fourth-order valence-corrected chi connectivity index (χ4v) is 3.93. The van der Waals surface area contributed by atoms with Gasteiger partial charge in [-0.25, -0.2) is 0 Å². The van der Waals surface area contributed by atoms with Gasteiger partial charge in [-0.15, -0.1) is 0 Å². The first-order valence-electron chi connectivity index (χ1n) is 7.59. The molecule has 2 atom stereocenters. The number of ketones is 1. The second-order valence-corrected chi connectivity index (χ2v) is 6.10. The third-order valence-electron chi connectivity index (χ3n) is 4.99. The minimum atomic E-state index is -0.0134. The first kappa shape index (κ1) is 13.4. The Kier molecular flexibility index (Phi) is 2.96. The van der Waals surface area contributed by atoms with Gasteiger partial charge in [0.25, 0.3) is 0 Å². The van der Waals surface area contributed by atoms with Gasteiger partial charge >= 0.3 is 0 Å². The maximum atomic E-state index is 13.0. The molecule has 4 rings (SSSR count). The van der Waals surface area contributed by atoms with E-state index in [0.29, 0.717) is 5.92 Å². The number of Topliss-reactive ketones (excluding diaryl/α,β-unsaturated/α-hetero) is 1. The molecule has 2 aromatic carbocycles.